The molecule has 0 spiro atoms. The molecule has 1 heterocycles. The van der Waals surface area contributed by atoms with Gasteiger partial charge in [-0.25, -0.2) is 13.4 Å². The second-order valence-electron chi connectivity index (χ2n) is 3.00. The van der Waals surface area contributed by atoms with Crippen LogP contribution in [0.15, 0.2) is 34.2 Å². The number of nitrogens with zero attached hydrogens (tertiary/aromatic N) is 1. The number of halogens is 1. The summed E-state index contributed by atoms with van der Waals surface area (Å²) in [7, 11) is 1.53. The number of rotatable bonds is 2. The molecule has 0 unspecified atom stereocenters. The quantitative estimate of drug-likeness (QED) is 0.740. The van der Waals surface area contributed by atoms with Crippen LogP contribution in [0, 0.1) is 0 Å². The molecule has 0 amide bonds. The van der Waals surface area contributed by atoms with E-state index in [1.165, 1.54) is 12.1 Å². The van der Waals surface area contributed by atoms with Crippen molar-refractivity contribution in [2.24, 2.45) is 4.99 Å². The molecule has 0 aromatic heterocycles. The lowest BCUT2D eigenvalue weighted by Gasteiger charge is -2.01. The predicted molar refractivity (Wildman–Crippen MR) is 56.8 cm³/mol. The normalized spacial score (nSPS) is 15.9. The summed E-state index contributed by atoms with van der Waals surface area (Å²) in [6.07, 6.45) is 0. The van der Waals surface area contributed by atoms with Gasteiger partial charge in [0.2, 0.25) is 5.90 Å². The Bertz CT molecular complexity index is 493. The molecule has 1 aliphatic rings. The molecule has 0 bridgehead atoms. The maximum atomic E-state index is 11.0. The topological polar surface area (TPSA) is 55.7 Å². The molecule has 0 saturated heterocycles. The van der Waals surface area contributed by atoms with Crippen molar-refractivity contribution in [1.82, 2.24) is 0 Å². The van der Waals surface area contributed by atoms with Crippen LogP contribution in [0.2, 0.25) is 0 Å². The third-order valence-electron chi connectivity index (χ3n) is 1.97. The van der Waals surface area contributed by atoms with Gasteiger partial charge in [0.05, 0.1) is 11.4 Å². The molecule has 15 heavy (non-hydrogen) atoms. The first-order valence-corrected chi connectivity index (χ1v) is 6.61. The molecule has 2 rings (SSSR count). The predicted octanol–water partition coefficient (Wildman–Crippen LogP) is 1.39. The van der Waals surface area contributed by atoms with E-state index in [-0.39, 0.29) is 4.90 Å². The number of aliphatic imine (C=N–C) groups is 1. The Kier molecular flexibility index (Phi) is 2.67. The fraction of sp³-hybridized carbons (Fsp3) is 0.222. The zero-order valence-electron chi connectivity index (χ0n) is 7.68. The molecule has 1 aromatic carbocycles. The Morgan fingerprint density at radius 1 is 1.27 bits per heavy atom. The smallest absolute Gasteiger partial charge is 0.261 e. The minimum Gasteiger partial charge on any atom is -0.476 e. The average molecular weight is 246 g/mol. The largest absolute Gasteiger partial charge is 0.476 e. The van der Waals surface area contributed by atoms with E-state index in [0.717, 1.165) is 5.56 Å². The van der Waals surface area contributed by atoms with Crippen LogP contribution in [-0.4, -0.2) is 27.5 Å². The van der Waals surface area contributed by atoms with Gasteiger partial charge < -0.3 is 4.74 Å². The maximum absolute atomic E-state index is 11.0. The highest BCUT2D eigenvalue weighted by atomic mass is 35.7. The Hall–Kier alpha value is -1.07. The van der Waals surface area contributed by atoms with Gasteiger partial charge in [-0.1, -0.05) is 0 Å². The van der Waals surface area contributed by atoms with Gasteiger partial charge in [-0.05, 0) is 24.3 Å². The molecule has 0 atom stereocenters. The second kappa shape index (κ2) is 3.83. The summed E-state index contributed by atoms with van der Waals surface area (Å²) >= 11 is 0. The Morgan fingerprint density at radius 2 is 1.93 bits per heavy atom. The summed E-state index contributed by atoms with van der Waals surface area (Å²) in [5.41, 5.74) is 0.761. The van der Waals surface area contributed by atoms with Gasteiger partial charge in [-0.3, -0.25) is 0 Å². The zero-order chi connectivity index (χ0) is 10.9. The summed E-state index contributed by atoms with van der Waals surface area (Å²) < 4.78 is 27.2. The van der Waals surface area contributed by atoms with Crippen molar-refractivity contribution in [3.8, 4) is 0 Å². The molecular weight excluding hydrogens is 238 g/mol. The maximum Gasteiger partial charge on any atom is 0.261 e. The molecule has 4 nitrogen and oxygen atoms in total. The SMILES string of the molecule is O=S(=O)(Cl)c1ccc(C2=NCCO2)cc1. The van der Waals surface area contributed by atoms with Gasteiger partial charge in [0.1, 0.15) is 6.61 Å². The summed E-state index contributed by atoms with van der Waals surface area (Å²) in [5, 5.41) is 0. The van der Waals surface area contributed by atoms with Crippen LogP contribution in [0.1, 0.15) is 5.56 Å². The molecule has 0 aliphatic carbocycles. The van der Waals surface area contributed by atoms with E-state index < -0.39 is 9.05 Å². The van der Waals surface area contributed by atoms with E-state index in [1.54, 1.807) is 12.1 Å². The van der Waals surface area contributed by atoms with Gasteiger partial charge >= 0.3 is 0 Å². The first-order chi connectivity index (χ1) is 7.07. The lowest BCUT2D eigenvalue weighted by Crippen LogP contribution is -2.01. The van der Waals surface area contributed by atoms with E-state index in [0.29, 0.717) is 19.0 Å². The Morgan fingerprint density at radius 3 is 2.40 bits per heavy atom. The number of hydrogen-bond donors (Lipinski definition) is 0. The number of benzene rings is 1. The van der Waals surface area contributed by atoms with Crippen molar-refractivity contribution in [3.05, 3.63) is 29.8 Å². The van der Waals surface area contributed by atoms with E-state index >= 15 is 0 Å². The molecule has 1 aromatic rings. The summed E-state index contributed by atoms with van der Waals surface area (Å²) in [6, 6.07) is 6.11. The van der Waals surface area contributed by atoms with Crippen molar-refractivity contribution in [1.29, 1.82) is 0 Å². The molecule has 1 aliphatic heterocycles. The highest BCUT2D eigenvalue weighted by Gasteiger charge is 2.13. The van der Waals surface area contributed by atoms with Gasteiger partial charge in [-0.15, -0.1) is 0 Å². The standard InChI is InChI=1S/C9H8ClNO3S/c10-15(12,13)8-3-1-7(2-4-8)9-11-5-6-14-9/h1-4H,5-6H2. The third kappa shape index (κ3) is 2.30. The molecule has 0 N–H and O–H groups in total. The molecule has 0 radical (unpaired) electrons. The van der Waals surface area contributed by atoms with Crippen molar-refractivity contribution < 1.29 is 13.2 Å². The average Bonchev–Trinajstić information content (AvgIpc) is 2.69. The molecule has 0 saturated carbocycles. The summed E-state index contributed by atoms with van der Waals surface area (Å²) in [5.74, 6) is 0.550. The van der Waals surface area contributed by atoms with E-state index in [9.17, 15) is 8.42 Å². The second-order valence-corrected chi connectivity index (χ2v) is 5.56. The lowest BCUT2D eigenvalue weighted by atomic mass is 10.2. The van der Waals surface area contributed by atoms with Crippen LogP contribution >= 0.6 is 10.7 Å². The van der Waals surface area contributed by atoms with Crippen LogP contribution in [-0.2, 0) is 13.8 Å². The Balaban J connectivity index is 2.32. The molecular formula is C9H8ClNO3S. The van der Waals surface area contributed by atoms with Crippen LogP contribution in [0.3, 0.4) is 0 Å². The highest BCUT2D eigenvalue weighted by molar-refractivity contribution is 8.13. The third-order valence-corrected chi connectivity index (χ3v) is 3.34. The first kappa shape index (κ1) is 10.4. The Labute approximate surface area is 92.0 Å². The van der Waals surface area contributed by atoms with Crippen molar-refractivity contribution in [3.63, 3.8) is 0 Å². The van der Waals surface area contributed by atoms with Crippen LogP contribution in [0.4, 0.5) is 0 Å². The van der Waals surface area contributed by atoms with Crippen molar-refractivity contribution in [2.75, 3.05) is 13.2 Å². The molecule has 80 valence electrons. The van der Waals surface area contributed by atoms with Gasteiger partial charge in [0.25, 0.3) is 9.05 Å². The van der Waals surface area contributed by atoms with E-state index in [2.05, 4.69) is 4.99 Å². The van der Waals surface area contributed by atoms with E-state index in [4.69, 9.17) is 15.4 Å². The van der Waals surface area contributed by atoms with Gasteiger partial charge in [-0.2, -0.15) is 0 Å². The summed E-state index contributed by atoms with van der Waals surface area (Å²) in [4.78, 5) is 4.19. The monoisotopic (exact) mass is 245 g/mol. The lowest BCUT2D eigenvalue weighted by molar-refractivity contribution is 0.348. The fourth-order valence-corrected chi connectivity index (χ4v) is 2.04. The zero-order valence-corrected chi connectivity index (χ0v) is 9.25. The molecule has 0 fully saturated rings. The number of ether oxygens (including phenoxy) is 1. The van der Waals surface area contributed by atoms with Crippen LogP contribution in [0.5, 0.6) is 0 Å². The van der Waals surface area contributed by atoms with Crippen molar-refractivity contribution >= 4 is 25.6 Å². The van der Waals surface area contributed by atoms with Crippen LogP contribution in [0.25, 0.3) is 0 Å². The minimum atomic E-state index is -3.65. The minimum absolute atomic E-state index is 0.0755. The fourth-order valence-electron chi connectivity index (χ4n) is 1.27. The summed E-state index contributed by atoms with van der Waals surface area (Å²) in [6.45, 7) is 1.22. The molecule has 6 heteroatoms. The number of hydrogen-bond acceptors (Lipinski definition) is 4. The van der Waals surface area contributed by atoms with Crippen LogP contribution < -0.4 is 0 Å². The first-order valence-electron chi connectivity index (χ1n) is 4.30. The van der Waals surface area contributed by atoms with Gasteiger partial charge in [0.15, 0.2) is 0 Å². The van der Waals surface area contributed by atoms with Gasteiger partial charge in [0, 0.05) is 16.2 Å². The van der Waals surface area contributed by atoms with Crippen molar-refractivity contribution in [2.45, 2.75) is 4.90 Å². The van der Waals surface area contributed by atoms with E-state index in [1.807, 2.05) is 0 Å². The highest BCUT2D eigenvalue weighted by Crippen LogP contribution is 2.16.